The first-order chi connectivity index (χ1) is 9.18. The normalized spacial score (nSPS) is 54.3. The third-order valence-corrected chi connectivity index (χ3v) is 7.01. The Labute approximate surface area is 118 Å². The van der Waals surface area contributed by atoms with E-state index in [0.717, 1.165) is 29.7 Å². The van der Waals surface area contributed by atoms with Gasteiger partial charge in [-0.1, -0.05) is 13.3 Å². The van der Waals surface area contributed by atoms with Crippen molar-refractivity contribution in [3.63, 3.8) is 0 Å². The van der Waals surface area contributed by atoms with E-state index in [4.69, 9.17) is 0 Å². The molecule has 2 nitrogen and oxygen atoms in total. The molecular formula is C17H30N2. The molecule has 108 valence electrons. The van der Waals surface area contributed by atoms with Crippen LogP contribution in [-0.4, -0.2) is 36.6 Å². The first kappa shape index (κ1) is 12.6. The van der Waals surface area contributed by atoms with Crippen molar-refractivity contribution in [3.05, 3.63) is 0 Å². The molecule has 0 aromatic heterocycles. The second kappa shape index (κ2) is 4.46. The second-order valence-corrected chi connectivity index (χ2v) is 8.18. The van der Waals surface area contributed by atoms with Gasteiger partial charge in [0.05, 0.1) is 0 Å². The fourth-order valence-electron chi connectivity index (χ4n) is 6.21. The molecule has 4 fully saturated rings. The van der Waals surface area contributed by atoms with Crippen molar-refractivity contribution in [2.24, 2.45) is 23.7 Å². The summed E-state index contributed by atoms with van der Waals surface area (Å²) in [5.41, 5.74) is 0.524. The number of likely N-dealkylation sites (tertiary alicyclic amines) is 1. The van der Waals surface area contributed by atoms with E-state index in [1.807, 2.05) is 0 Å². The zero-order valence-electron chi connectivity index (χ0n) is 12.7. The quantitative estimate of drug-likeness (QED) is 0.722. The minimum atomic E-state index is 0.524. The predicted octanol–water partition coefficient (Wildman–Crippen LogP) is 2.89. The first-order valence-electron chi connectivity index (χ1n) is 8.63. The lowest BCUT2D eigenvalue weighted by Crippen LogP contribution is -2.67. The van der Waals surface area contributed by atoms with Crippen LogP contribution in [0.3, 0.4) is 0 Å². The van der Waals surface area contributed by atoms with Gasteiger partial charge in [0.25, 0.3) is 0 Å². The third kappa shape index (κ3) is 1.90. The molecule has 6 atom stereocenters. The summed E-state index contributed by atoms with van der Waals surface area (Å²) in [4.78, 5) is 2.73. The average Bonchev–Trinajstić information content (AvgIpc) is 2.40. The van der Waals surface area contributed by atoms with Gasteiger partial charge in [0, 0.05) is 18.1 Å². The maximum absolute atomic E-state index is 4.00. The number of nitrogens with zero attached hydrogens (tertiary/aromatic N) is 1. The van der Waals surface area contributed by atoms with Gasteiger partial charge in [-0.3, -0.25) is 0 Å². The van der Waals surface area contributed by atoms with Crippen molar-refractivity contribution < 1.29 is 0 Å². The lowest BCUT2D eigenvalue weighted by atomic mass is 9.53. The molecule has 2 aliphatic carbocycles. The Morgan fingerprint density at radius 1 is 1.16 bits per heavy atom. The maximum atomic E-state index is 4.00. The summed E-state index contributed by atoms with van der Waals surface area (Å²) in [6.45, 7) is 5.12. The molecule has 0 radical (unpaired) electrons. The van der Waals surface area contributed by atoms with Crippen LogP contribution in [0.1, 0.15) is 51.9 Å². The van der Waals surface area contributed by atoms with Gasteiger partial charge in [-0.05, 0) is 75.8 Å². The summed E-state index contributed by atoms with van der Waals surface area (Å²) in [7, 11) is 2.40. The Bertz CT molecular complexity index is 347. The van der Waals surface area contributed by atoms with Gasteiger partial charge < -0.3 is 10.2 Å². The lowest BCUT2D eigenvalue weighted by molar-refractivity contribution is -0.0889. The Morgan fingerprint density at radius 3 is 2.84 bits per heavy atom. The SMILES string of the molecule is CC1CC2CC3(CCCCN3)C3CC2C(C1)N(C)C3. The molecule has 6 unspecified atom stereocenters. The van der Waals surface area contributed by atoms with E-state index in [0.29, 0.717) is 5.54 Å². The van der Waals surface area contributed by atoms with Crippen LogP contribution in [-0.2, 0) is 0 Å². The molecule has 0 amide bonds. The topological polar surface area (TPSA) is 15.3 Å². The average molecular weight is 262 g/mol. The number of piperidine rings is 2. The molecule has 2 saturated heterocycles. The third-order valence-electron chi connectivity index (χ3n) is 7.01. The van der Waals surface area contributed by atoms with Gasteiger partial charge >= 0.3 is 0 Å². The van der Waals surface area contributed by atoms with Gasteiger partial charge in [-0.25, -0.2) is 0 Å². The van der Waals surface area contributed by atoms with Crippen molar-refractivity contribution in [1.29, 1.82) is 0 Å². The Hall–Kier alpha value is -0.0800. The van der Waals surface area contributed by atoms with Crippen LogP contribution < -0.4 is 5.32 Å². The van der Waals surface area contributed by atoms with E-state index < -0.39 is 0 Å². The molecule has 4 rings (SSSR count). The van der Waals surface area contributed by atoms with Gasteiger partial charge in [0.15, 0.2) is 0 Å². The summed E-state index contributed by atoms with van der Waals surface area (Å²) < 4.78 is 0. The highest BCUT2D eigenvalue weighted by Crippen LogP contribution is 2.54. The zero-order chi connectivity index (χ0) is 13.0. The maximum Gasteiger partial charge on any atom is 0.0224 e. The van der Waals surface area contributed by atoms with Gasteiger partial charge in [-0.15, -0.1) is 0 Å². The molecule has 4 aliphatic rings. The van der Waals surface area contributed by atoms with Crippen LogP contribution in [0.2, 0.25) is 0 Å². The zero-order valence-corrected chi connectivity index (χ0v) is 12.7. The molecule has 19 heavy (non-hydrogen) atoms. The molecule has 1 spiro atoms. The molecule has 2 saturated carbocycles. The molecule has 0 aromatic rings. The molecule has 2 bridgehead atoms. The number of fused-ring (bicyclic) bond motifs is 2. The molecule has 0 aromatic carbocycles. The van der Waals surface area contributed by atoms with Crippen LogP contribution in [0.4, 0.5) is 0 Å². The number of nitrogens with one attached hydrogen (secondary N) is 1. The van der Waals surface area contributed by atoms with E-state index in [1.54, 1.807) is 0 Å². The molecule has 2 heterocycles. The number of rotatable bonds is 0. The molecule has 2 aliphatic heterocycles. The molecule has 1 N–H and O–H groups in total. The van der Waals surface area contributed by atoms with E-state index in [1.165, 1.54) is 58.0 Å². The predicted molar refractivity (Wildman–Crippen MR) is 79.1 cm³/mol. The van der Waals surface area contributed by atoms with Crippen LogP contribution in [0.15, 0.2) is 0 Å². The highest BCUT2D eigenvalue weighted by Gasteiger charge is 2.54. The molecule has 2 heteroatoms. The number of hydrogen-bond donors (Lipinski definition) is 1. The molecular weight excluding hydrogens is 232 g/mol. The van der Waals surface area contributed by atoms with E-state index in [9.17, 15) is 0 Å². The summed E-state index contributed by atoms with van der Waals surface area (Å²) >= 11 is 0. The van der Waals surface area contributed by atoms with Gasteiger partial charge in [0.1, 0.15) is 0 Å². The Balaban J connectivity index is 1.65. The second-order valence-electron chi connectivity index (χ2n) is 8.18. The minimum absolute atomic E-state index is 0.524. The smallest absolute Gasteiger partial charge is 0.0224 e. The van der Waals surface area contributed by atoms with E-state index >= 15 is 0 Å². The van der Waals surface area contributed by atoms with Crippen molar-refractivity contribution >= 4 is 0 Å². The van der Waals surface area contributed by atoms with Crippen LogP contribution in [0.25, 0.3) is 0 Å². The van der Waals surface area contributed by atoms with E-state index in [2.05, 4.69) is 24.2 Å². The summed E-state index contributed by atoms with van der Waals surface area (Å²) in [5.74, 6) is 3.92. The fourth-order valence-corrected chi connectivity index (χ4v) is 6.21. The monoisotopic (exact) mass is 262 g/mol. The highest BCUT2D eigenvalue weighted by atomic mass is 15.2. The lowest BCUT2D eigenvalue weighted by Gasteiger charge is -2.61. The van der Waals surface area contributed by atoms with Crippen molar-refractivity contribution in [3.8, 4) is 0 Å². The minimum Gasteiger partial charge on any atom is -0.311 e. The van der Waals surface area contributed by atoms with Crippen molar-refractivity contribution in [1.82, 2.24) is 10.2 Å². The first-order valence-corrected chi connectivity index (χ1v) is 8.63. The highest BCUT2D eigenvalue weighted by molar-refractivity contribution is 5.10. The summed E-state index contributed by atoms with van der Waals surface area (Å²) in [6.07, 6.45) is 10.3. The van der Waals surface area contributed by atoms with Crippen molar-refractivity contribution in [2.45, 2.75) is 63.5 Å². The van der Waals surface area contributed by atoms with E-state index in [-0.39, 0.29) is 0 Å². The van der Waals surface area contributed by atoms with Gasteiger partial charge in [0.2, 0.25) is 0 Å². The van der Waals surface area contributed by atoms with Gasteiger partial charge in [-0.2, -0.15) is 0 Å². The largest absolute Gasteiger partial charge is 0.311 e. The standard InChI is InChI=1S/C17H30N2/c1-12-7-13-10-17(5-3-4-6-18-17)14-9-15(13)16(8-12)19(2)11-14/h12-16,18H,3-11H2,1-2H3. The van der Waals surface area contributed by atoms with Crippen molar-refractivity contribution in [2.75, 3.05) is 20.1 Å². The Kier molecular flexibility index (Phi) is 2.97. The Morgan fingerprint density at radius 2 is 2.05 bits per heavy atom. The van der Waals surface area contributed by atoms with Crippen LogP contribution in [0, 0.1) is 23.7 Å². The fraction of sp³-hybridized carbons (Fsp3) is 1.00. The van der Waals surface area contributed by atoms with Crippen LogP contribution in [0.5, 0.6) is 0 Å². The summed E-state index contributed by atoms with van der Waals surface area (Å²) in [6, 6.07) is 0.908. The van der Waals surface area contributed by atoms with Crippen LogP contribution >= 0.6 is 0 Å². The number of hydrogen-bond acceptors (Lipinski definition) is 2. The summed E-state index contributed by atoms with van der Waals surface area (Å²) in [5, 5.41) is 4.00.